The fourth-order valence-electron chi connectivity index (χ4n) is 2.81. The Bertz CT molecular complexity index is 940. The molecule has 1 atom stereocenters. The highest BCUT2D eigenvalue weighted by atomic mass is 79.9. The molecule has 0 bridgehead atoms. The first-order valence-electron chi connectivity index (χ1n) is 7.25. The summed E-state index contributed by atoms with van der Waals surface area (Å²) in [4.78, 5) is 11.6. The van der Waals surface area contributed by atoms with Crippen molar-refractivity contribution in [3.05, 3.63) is 34.1 Å². The number of nitrogens with two attached hydrogens (primary N) is 1. The van der Waals surface area contributed by atoms with Crippen LogP contribution in [0, 0.1) is 17.1 Å². The zero-order valence-corrected chi connectivity index (χ0v) is 14.5. The number of nitrogens with zero attached hydrogens (tertiary/aromatic N) is 4. The summed E-state index contributed by atoms with van der Waals surface area (Å²) in [5.41, 5.74) is 5.76. The molecule has 0 radical (unpaired) electrons. The Morgan fingerprint density at radius 2 is 2.19 bits per heavy atom. The van der Waals surface area contributed by atoms with Gasteiger partial charge in [0.25, 0.3) is 5.92 Å². The smallest absolute Gasteiger partial charge is 0.407 e. The van der Waals surface area contributed by atoms with Crippen LogP contribution in [0.4, 0.5) is 23.8 Å². The van der Waals surface area contributed by atoms with E-state index in [4.69, 9.17) is 10.8 Å². The summed E-state index contributed by atoms with van der Waals surface area (Å²) < 4.78 is 43.3. The first-order valence-corrected chi connectivity index (χ1v) is 8.04. The third-order valence-electron chi connectivity index (χ3n) is 4.10. The van der Waals surface area contributed by atoms with E-state index in [1.165, 1.54) is 12.1 Å². The molecule has 1 aromatic carbocycles. The van der Waals surface area contributed by atoms with Gasteiger partial charge in [-0.05, 0) is 28.1 Å². The minimum Gasteiger partial charge on any atom is -0.465 e. The summed E-state index contributed by atoms with van der Waals surface area (Å²) in [5, 5.41) is 22.3. The number of halogens is 4. The highest BCUT2D eigenvalue weighted by molar-refractivity contribution is 9.10. The van der Waals surface area contributed by atoms with Crippen molar-refractivity contribution in [1.82, 2.24) is 14.7 Å². The SMILES string of the molecule is N#Cc1c(-c2ccc(Br)c(F)c2)nn(C2CN(C(=O)O)CC2(F)F)c1N. The number of anilines is 1. The van der Waals surface area contributed by atoms with Gasteiger partial charge in [0.15, 0.2) is 0 Å². The predicted octanol–water partition coefficient (Wildman–Crippen LogP) is 3.08. The van der Waals surface area contributed by atoms with E-state index in [0.717, 1.165) is 10.7 Å². The number of carbonyl (C=O) groups is 1. The molecule has 0 saturated carbocycles. The number of amides is 1. The molecule has 1 amide bonds. The van der Waals surface area contributed by atoms with Gasteiger partial charge in [-0.2, -0.15) is 10.4 Å². The molecule has 136 valence electrons. The van der Waals surface area contributed by atoms with Crippen molar-refractivity contribution >= 4 is 27.8 Å². The van der Waals surface area contributed by atoms with Crippen molar-refractivity contribution in [3.8, 4) is 17.3 Å². The quantitative estimate of drug-likeness (QED) is 0.762. The van der Waals surface area contributed by atoms with Crippen LogP contribution >= 0.6 is 15.9 Å². The van der Waals surface area contributed by atoms with Crippen molar-refractivity contribution in [2.75, 3.05) is 18.8 Å². The second-order valence-electron chi connectivity index (χ2n) is 5.73. The molecule has 2 aromatic rings. The first-order chi connectivity index (χ1) is 12.2. The minimum absolute atomic E-state index is 0.0547. The average Bonchev–Trinajstić information content (AvgIpc) is 3.06. The van der Waals surface area contributed by atoms with Crippen LogP contribution in [0.25, 0.3) is 11.3 Å². The molecule has 11 heteroatoms. The second-order valence-corrected chi connectivity index (χ2v) is 6.59. The topological polar surface area (TPSA) is 108 Å². The normalized spacial score (nSPS) is 18.7. The molecule has 1 aliphatic heterocycles. The lowest BCUT2D eigenvalue weighted by molar-refractivity contribution is -0.0236. The van der Waals surface area contributed by atoms with Gasteiger partial charge in [0.1, 0.15) is 35.0 Å². The van der Waals surface area contributed by atoms with Gasteiger partial charge in [-0.25, -0.2) is 22.6 Å². The third kappa shape index (κ3) is 2.86. The predicted molar refractivity (Wildman–Crippen MR) is 88.0 cm³/mol. The number of benzene rings is 1. The van der Waals surface area contributed by atoms with Gasteiger partial charge in [-0.1, -0.05) is 6.07 Å². The number of nitrogen functional groups attached to an aromatic ring is 1. The largest absolute Gasteiger partial charge is 0.465 e. The lowest BCUT2D eigenvalue weighted by atomic mass is 10.1. The lowest BCUT2D eigenvalue weighted by Crippen LogP contribution is -2.31. The van der Waals surface area contributed by atoms with Crippen molar-refractivity contribution < 1.29 is 23.1 Å². The van der Waals surface area contributed by atoms with Crippen LogP contribution in [0.2, 0.25) is 0 Å². The van der Waals surface area contributed by atoms with Crippen molar-refractivity contribution in [1.29, 1.82) is 5.26 Å². The summed E-state index contributed by atoms with van der Waals surface area (Å²) in [7, 11) is 0. The number of rotatable bonds is 2. The highest BCUT2D eigenvalue weighted by Crippen LogP contribution is 2.40. The van der Waals surface area contributed by atoms with Gasteiger partial charge in [-0.3, -0.25) is 4.90 Å². The molecule has 0 aliphatic carbocycles. The van der Waals surface area contributed by atoms with Crippen LogP contribution in [0.3, 0.4) is 0 Å². The van der Waals surface area contributed by atoms with Gasteiger partial charge in [0.2, 0.25) is 0 Å². The van der Waals surface area contributed by atoms with Crippen LogP contribution in [0.5, 0.6) is 0 Å². The number of nitriles is 1. The van der Waals surface area contributed by atoms with Crippen LogP contribution < -0.4 is 5.73 Å². The number of hydrogen-bond acceptors (Lipinski definition) is 4. The fraction of sp³-hybridized carbons (Fsp3) is 0.267. The molecule has 3 rings (SSSR count). The van der Waals surface area contributed by atoms with E-state index in [1.54, 1.807) is 6.07 Å². The molecule has 1 aliphatic rings. The Kier molecular flexibility index (Phi) is 4.31. The molecular formula is C15H11BrF3N5O2. The van der Waals surface area contributed by atoms with E-state index < -0.39 is 37.0 Å². The zero-order chi connectivity index (χ0) is 19.2. The van der Waals surface area contributed by atoms with Gasteiger partial charge in [-0.15, -0.1) is 0 Å². The van der Waals surface area contributed by atoms with Gasteiger partial charge < -0.3 is 10.8 Å². The first kappa shape index (κ1) is 18.1. The van der Waals surface area contributed by atoms with Crippen molar-refractivity contribution in [3.63, 3.8) is 0 Å². The van der Waals surface area contributed by atoms with Gasteiger partial charge in [0, 0.05) is 5.56 Å². The molecule has 1 fully saturated rings. The van der Waals surface area contributed by atoms with Gasteiger partial charge in [0.05, 0.1) is 17.6 Å². The van der Waals surface area contributed by atoms with Crippen molar-refractivity contribution in [2.24, 2.45) is 0 Å². The number of alkyl halides is 2. The molecule has 0 spiro atoms. The van der Waals surface area contributed by atoms with E-state index in [0.29, 0.717) is 4.90 Å². The second kappa shape index (κ2) is 6.21. The van der Waals surface area contributed by atoms with Gasteiger partial charge >= 0.3 is 6.09 Å². The fourth-order valence-corrected chi connectivity index (χ4v) is 3.06. The van der Waals surface area contributed by atoms with E-state index >= 15 is 0 Å². The molecule has 1 saturated heterocycles. The molecule has 26 heavy (non-hydrogen) atoms. The standard InChI is InChI=1S/C15H11BrF3N5O2/c16-9-2-1-7(3-10(9)17)12-8(4-20)13(21)24(22-12)11-5-23(14(25)26)6-15(11,18)19/h1-3,11H,5-6,21H2,(H,25,26). The Labute approximate surface area is 153 Å². The lowest BCUT2D eigenvalue weighted by Gasteiger charge is -2.18. The van der Waals surface area contributed by atoms with Crippen LogP contribution in [0.15, 0.2) is 22.7 Å². The molecule has 7 nitrogen and oxygen atoms in total. The number of likely N-dealkylation sites (tertiary alicyclic amines) is 1. The molecule has 2 heterocycles. The Balaban J connectivity index is 2.10. The average molecular weight is 430 g/mol. The summed E-state index contributed by atoms with van der Waals surface area (Å²) >= 11 is 3.00. The number of carboxylic acid groups (broad SMARTS) is 1. The molecular weight excluding hydrogens is 419 g/mol. The van der Waals surface area contributed by atoms with Crippen LogP contribution in [-0.4, -0.2) is 44.9 Å². The maximum atomic E-state index is 14.3. The number of hydrogen-bond donors (Lipinski definition) is 2. The summed E-state index contributed by atoms with van der Waals surface area (Å²) in [6.07, 6.45) is -1.49. The third-order valence-corrected chi connectivity index (χ3v) is 4.74. The van der Waals surface area contributed by atoms with E-state index in [1.807, 2.05) is 0 Å². The van der Waals surface area contributed by atoms with Crippen molar-refractivity contribution in [2.45, 2.75) is 12.0 Å². The summed E-state index contributed by atoms with van der Waals surface area (Å²) in [5.74, 6) is -4.38. The minimum atomic E-state index is -3.42. The Morgan fingerprint density at radius 3 is 2.73 bits per heavy atom. The maximum Gasteiger partial charge on any atom is 0.407 e. The van der Waals surface area contributed by atoms with Crippen LogP contribution in [-0.2, 0) is 0 Å². The number of aromatic nitrogens is 2. The molecule has 1 unspecified atom stereocenters. The maximum absolute atomic E-state index is 14.3. The Hall–Kier alpha value is -2.74. The molecule has 1 aromatic heterocycles. The zero-order valence-electron chi connectivity index (χ0n) is 13.0. The monoisotopic (exact) mass is 429 g/mol. The van der Waals surface area contributed by atoms with E-state index in [-0.39, 0.29) is 27.1 Å². The molecule has 3 N–H and O–H groups in total. The summed E-state index contributed by atoms with van der Waals surface area (Å²) in [6.45, 7) is -1.54. The van der Waals surface area contributed by atoms with E-state index in [2.05, 4.69) is 21.0 Å². The summed E-state index contributed by atoms with van der Waals surface area (Å²) in [6, 6.07) is 4.05. The Morgan fingerprint density at radius 1 is 1.50 bits per heavy atom. The highest BCUT2D eigenvalue weighted by Gasteiger charge is 2.52. The van der Waals surface area contributed by atoms with Crippen LogP contribution in [0.1, 0.15) is 11.6 Å². The van der Waals surface area contributed by atoms with E-state index in [9.17, 15) is 23.2 Å².